The Kier molecular flexibility index (Phi) is 5.10. The van der Waals surface area contributed by atoms with E-state index in [4.69, 9.17) is 9.84 Å². The number of morpholine rings is 1. The maximum Gasteiger partial charge on any atom is 0.303 e. The van der Waals surface area contributed by atoms with Gasteiger partial charge in [-0.3, -0.25) is 9.59 Å². The summed E-state index contributed by atoms with van der Waals surface area (Å²) >= 11 is 0. The molecule has 0 bridgehead atoms. The lowest BCUT2D eigenvalue weighted by atomic mass is 10.2. The summed E-state index contributed by atoms with van der Waals surface area (Å²) < 4.78 is 5.00. The van der Waals surface area contributed by atoms with Gasteiger partial charge in [0.1, 0.15) is 6.61 Å². The van der Waals surface area contributed by atoms with E-state index in [0.29, 0.717) is 19.6 Å². The van der Waals surface area contributed by atoms with Crippen molar-refractivity contribution < 1.29 is 19.4 Å². The van der Waals surface area contributed by atoms with E-state index in [1.165, 1.54) is 0 Å². The fourth-order valence-electron chi connectivity index (χ4n) is 1.54. The first kappa shape index (κ1) is 12.0. The zero-order valence-corrected chi connectivity index (χ0v) is 8.78. The number of hydrogen-bond donors (Lipinski definition) is 1. The van der Waals surface area contributed by atoms with Gasteiger partial charge >= 0.3 is 5.97 Å². The second-order valence-corrected chi connectivity index (χ2v) is 3.64. The maximum atomic E-state index is 11.3. The summed E-state index contributed by atoms with van der Waals surface area (Å²) in [6, 6.07) is 0. The van der Waals surface area contributed by atoms with Gasteiger partial charge in [-0.05, 0) is 12.8 Å². The molecule has 1 amide bonds. The number of carboxylic acids is 1. The van der Waals surface area contributed by atoms with Crippen LogP contribution in [0.3, 0.4) is 0 Å². The number of unbranched alkanes of at least 4 members (excludes halogenated alkanes) is 2. The highest BCUT2D eigenvalue weighted by Gasteiger charge is 2.17. The molecule has 15 heavy (non-hydrogen) atoms. The average Bonchev–Trinajstić information content (AvgIpc) is 2.20. The van der Waals surface area contributed by atoms with Crippen molar-refractivity contribution in [3.63, 3.8) is 0 Å². The van der Waals surface area contributed by atoms with Gasteiger partial charge in [0.25, 0.3) is 0 Å². The van der Waals surface area contributed by atoms with Gasteiger partial charge in [-0.25, -0.2) is 0 Å². The van der Waals surface area contributed by atoms with Crippen LogP contribution < -0.4 is 0 Å². The minimum absolute atomic E-state index is 0.0412. The number of carbonyl (C=O) groups excluding carboxylic acids is 1. The van der Waals surface area contributed by atoms with Crippen molar-refractivity contribution in [3.8, 4) is 0 Å². The molecule has 0 radical (unpaired) electrons. The highest BCUT2D eigenvalue weighted by atomic mass is 16.5. The summed E-state index contributed by atoms with van der Waals surface area (Å²) in [4.78, 5) is 23.3. The average molecular weight is 215 g/mol. The standard InChI is InChI=1S/C10H17NO4/c12-9-8-15-7-6-11(9)5-3-1-2-4-10(13)14/h1-8H2,(H,13,14). The summed E-state index contributed by atoms with van der Waals surface area (Å²) in [6.07, 6.45) is 2.64. The topological polar surface area (TPSA) is 66.8 Å². The SMILES string of the molecule is O=C(O)CCCCCN1CCOCC1=O. The largest absolute Gasteiger partial charge is 0.481 e. The van der Waals surface area contributed by atoms with Crippen molar-refractivity contribution in [2.45, 2.75) is 25.7 Å². The van der Waals surface area contributed by atoms with Crippen LogP contribution in [-0.4, -0.2) is 48.2 Å². The van der Waals surface area contributed by atoms with E-state index in [2.05, 4.69) is 0 Å². The highest BCUT2D eigenvalue weighted by molar-refractivity contribution is 5.77. The summed E-state index contributed by atoms with van der Waals surface area (Å²) in [5.74, 6) is -0.711. The molecule has 1 aliphatic heterocycles. The van der Waals surface area contributed by atoms with Crippen LogP contribution in [0.15, 0.2) is 0 Å². The van der Waals surface area contributed by atoms with Crippen molar-refractivity contribution in [2.75, 3.05) is 26.3 Å². The molecule has 0 aliphatic carbocycles. The van der Waals surface area contributed by atoms with E-state index in [1.54, 1.807) is 4.90 Å². The van der Waals surface area contributed by atoms with Gasteiger partial charge in [0.05, 0.1) is 6.61 Å². The minimum atomic E-state index is -0.752. The fraction of sp³-hybridized carbons (Fsp3) is 0.800. The Hall–Kier alpha value is -1.10. The summed E-state index contributed by atoms with van der Waals surface area (Å²) in [6.45, 7) is 2.19. The first-order valence-corrected chi connectivity index (χ1v) is 5.27. The Morgan fingerprint density at radius 1 is 1.40 bits per heavy atom. The van der Waals surface area contributed by atoms with Gasteiger partial charge in [-0.15, -0.1) is 0 Å². The Labute approximate surface area is 89.0 Å². The Morgan fingerprint density at radius 2 is 2.20 bits per heavy atom. The molecular formula is C10H17NO4. The summed E-state index contributed by atoms with van der Waals surface area (Å²) in [5.41, 5.74) is 0. The number of rotatable bonds is 6. The number of carboxylic acid groups (broad SMARTS) is 1. The normalized spacial score (nSPS) is 16.8. The number of ether oxygens (including phenoxy) is 1. The molecule has 1 aliphatic rings. The first-order valence-electron chi connectivity index (χ1n) is 5.27. The third-order valence-corrected chi connectivity index (χ3v) is 2.40. The zero-order chi connectivity index (χ0) is 11.1. The van der Waals surface area contributed by atoms with Crippen LogP contribution in [0.2, 0.25) is 0 Å². The molecule has 1 rings (SSSR count). The smallest absolute Gasteiger partial charge is 0.303 e. The summed E-state index contributed by atoms with van der Waals surface area (Å²) in [7, 11) is 0. The number of hydrogen-bond acceptors (Lipinski definition) is 3. The van der Waals surface area contributed by atoms with Crippen LogP contribution in [0.5, 0.6) is 0 Å². The van der Waals surface area contributed by atoms with Crippen LogP contribution in [0.4, 0.5) is 0 Å². The third kappa shape index (κ3) is 4.78. The van der Waals surface area contributed by atoms with E-state index in [0.717, 1.165) is 19.4 Å². The zero-order valence-electron chi connectivity index (χ0n) is 8.78. The van der Waals surface area contributed by atoms with E-state index in [1.807, 2.05) is 0 Å². The van der Waals surface area contributed by atoms with Crippen LogP contribution >= 0.6 is 0 Å². The van der Waals surface area contributed by atoms with Crippen molar-refractivity contribution in [1.82, 2.24) is 4.90 Å². The molecule has 0 atom stereocenters. The molecule has 1 heterocycles. The van der Waals surface area contributed by atoms with Crippen LogP contribution in [0.25, 0.3) is 0 Å². The van der Waals surface area contributed by atoms with Gasteiger partial charge in [0, 0.05) is 19.5 Å². The molecule has 0 spiro atoms. The van der Waals surface area contributed by atoms with Crippen molar-refractivity contribution in [3.05, 3.63) is 0 Å². The molecule has 0 aromatic rings. The van der Waals surface area contributed by atoms with E-state index >= 15 is 0 Å². The minimum Gasteiger partial charge on any atom is -0.481 e. The molecule has 5 nitrogen and oxygen atoms in total. The highest BCUT2D eigenvalue weighted by Crippen LogP contribution is 2.04. The van der Waals surface area contributed by atoms with Crippen molar-refractivity contribution in [1.29, 1.82) is 0 Å². The molecule has 1 fully saturated rings. The third-order valence-electron chi connectivity index (χ3n) is 2.40. The van der Waals surface area contributed by atoms with Crippen molar-refractivity contribution in [2.24, 2.45) is 0 Å². The number of aliphatic carboxylic acids is 1. The molecule has 0 aromatic carbocycles. The Balaban J connectivity index is 2.03. The van der Waals surface area contributed by atoms with Gasteiger partial charge in [-0.2, -0.15) is 0 Å². The van der Waals surface area contributed by atoms with Gasteiger partial charge in [0.15, 0.2) is 0 Å². The molecule has 1 saturated heterocycles. The molecule has 0 aromatic heterocycles. The summed E-state index contributed by atoms with van der Waals surface area (Å²) in [5, 5.41) is 8.42. The number of amides is 1. The monoisotopic (exact) mass is 215 g/mol. The molecular weight excluding hydrogens is 198 g/mol. The van der Waals surface area contributed by atoms with Gasteiger partial charge < -0.3 is 14.7 Å². The van der Waals surface area contributed by atoms with Gasteiger partial charge in [0.2, 0.25) is 5.91 Å². The lowest BCUT2D eigenvalue weighted by molar-refractivity contribution is -0.142. The molecule has 86 valence electrons. The second-order valence-electron chi connectivity index (χ2n) is 3.64. The molecule has 5 heteroatoms. The van der Waals surface area contributed by atoms with Crippen LogP contribution in [0, 0.1) is 0 Å². The lowest BCUT2D eigenvalue weighted by Crippen LogP contribution is -2.41. The molecule has 0 saturated carbocycles. The molecule has 0 unspecified atom stereocenters. The van der Waals surface area contributed by atoms with E-state index < -0.39 is 5.97 Å². The predicted octanol–water partition coefficient (Wildman–Crippen LogP) is 0.490. The van der Waals surface area contributed by atoms with E-state index in [9.17, 15) is 9.59 Å². The lowest BCUT2D eigenvalue weighted by Gasteiger charge is -2.26. The predicted molar refractivity (Wildman–Crippen MR) is 53.5 cm³/mol. The fourth-order valence-corrected chi connectivity index (χ4v) is 1.54. The molecule has 1 N–H and O–H groups in total. The van der Waals surface area contributed by atoms with Crippen LogP contribution in [-0.2, 0) is 14.3 Å². The first-order chi connectivity index (χ1) is 7.20. The van der Waals surface area contributed by atoms with Gasteiger partial charge in [-0.1, -0.05) is 6.42 Å². The number of carbonyl (C=O) groups is 2. The second kappa shape index (κ2) is 6.40. The Bertz CT molecular complexity index is 229. The number of nitrogens with zero attached hydrogens (tertiary/aromatic N) is 1. The van der Waals surface area contributed by atoms with E-state index in [-0.39, 0.29) is 18.9 Å². The van der Waals surface area contributed by atoms with Crippen LogP contribution in [0.1, 0.15) is 25.7 Å². The quantitative estimate of drug-likeness (QED) is 0.655. The maximum absolute atomic E-state index is 11.3. The Morgan fingerprint density at radius 3 is 2.87 bits per heavy atom. The van der Waals surface area contributed by atoms with Crippen molar-refractivity contribution >= 4 is 11.9 Å².